The monoisotopic (exact) mass is 372 g/mol. The number of hydrogen-bond acceptors (Lipinski definition) is 5. The maximum atomic E-state index is 12.1. The number of nitrogens with one attached hydrogen (secondary N) is 1. The summed E-state index contributed by atoms with van der Waals surface area (Å²) in [6, 6.07) is 3.69. The second-order valence-corrected chi connectivity index (χ2v) is 7.23. The van der Waals surface area contributed by atoms with E-state index in [2.05, 4.69) is 15.2 Å². The maximum absolute atomic E-state index is 12.1. The minimum absolute atomic E-state index is 0.223. The number of pyridine rings is 1. The summed E-state index contributed by atoms with van der Waals surface area (Å²) in [6.07, 6.45) is 8.21. The Labute approximate surface area is 160 Å². The van der Waals surface area contributed by atoms with Gasteiger partial charge in [0, 0.05) is 32.3 Å². The van der Waals surface area contributed by atoms with Gasteiger partial charge in [0.25, 0.3) is 0 Å². The fraction of sp³-hybridized carbons (Fsp3) is 0.450. The Kier molecular flexibility index (Phi) is 6.98. The van der Waals surface area contributed by atoms with Crippen LogP contribution in [-0.4, -0.2) is 53.7 Å². The van der Waals surface area contributed by atoms with Gasteiger partial charge in [-0.15, -0.1) is 0 Å². The molecule has 2 heterocycles. The highest BCUT2D eigenvalue weighted by Crippen LogP contribution is 2.18. The molecule has 1 aromatic rings. The lowest BCUT2D eigenvalue weighted by Gasteiger charge is -2.36. The fourth-order valence-electron chi connectivity index (χ4n) is 2.54. The van der Waals surface area contributed by atoms with E-state index in [1.165, 1.54) is 6.08 Å². The van der Waals surface area contributed by atoms with Crippen molar-refractivity contribution in [2.75, 3.05) is 36.4 Å². The molecule has 1 fully saturated rings. The highest BCUT2D eigenvalue weighted by Gasteiger charge is 2.26. The molecule has 2 amide bonds. The molecule has 0 unspecified atom stereocenters. The second kappa shape index (κ2) is 9.21. The number of aromatic nitrogens is 1. The van der Waals surface area contributed by atoms with Crippen molar-refractivity contribution in [3.63, 3.8) is 0 Å². The minimum atomic E-state index is -0.486. The first kappa shape index (κ1) is 20.5. The van der Waals surface area contributed by atoms with Crippen LogP contribution in [0.25, 0.3) is 0 Å². The number of piperazine rings is 1. The molecule has 0 spiro atoms. The summed E-state index contributed by atoms with van der Waals surface area (Å²) in [5.41, 5.74) is 0.474. The Morgan fingerprint density at radius 1 is 1.15 bits per heavy atom. The third-order valence-electron chi connectivity index (χ3n) is 3.85. The number of hydrogen-bond donors (Lipinski definition) is 1. The second-order valence-electron chi connectivity index (χ2n) is 7.23. The SMILES string of the molecule is CC=CC=CC(=O)Nc1ccc(N2CCN(C(=O)OC(C)(C)C)CC2)cn1. The van der Waals surface area contributed by atoms with Crippen LogP contribution in [-0.2, 0) is 9.53 Å². The molecule has 7 heteroatoms. The molecule has 1 saturated heterocycles. The molecule has 1 aliphatic heterocycles. The quantitative estimate of drug-likeness (QED) is 0.649. The number of rotatable bonds is 4. The van der Waals surface area contributed by atoms with Gasteiger partial charge in [-0.2, -0.15) is 0 Å². The number of nitrogens with zero attached hydrogens (tertiary/aromatic N) is 3. The largest absolute Gasteiger partial charge is 0.444 e. The van der Waals surface area contributed by atoms with Crippen molar-refractivity contribution in [3.05, 3.63) is 42.6 Å². The molecular formula is C20H28N4O3. The van der Waals surface area contributed by atoms with Crippen molar-refractivity contribution < 1.29 is 14.3 Å². The Morgan fingerprint density at radius 3 is 2.41 bits per heavy atom. The molecule has 1 aromatic heterocycles. The van der Waals surface area contributed by atoms with Gasteiger partial charge in [-0.25, -0.2) is 9.78 Å². The number of ether oxygens (including phenoxy) is 1. The van der Waals surface area contributed by atoms with Crippen LogP contribution >= 0.6 is 0 Å². The van der Waals surface area contributed by atoms with Crippen LogP contribution < -0.4 is 10.2 Å². The van der Waals surface area contributed by atoms with E-state index in [0.717, 1.165) is 5.69 Å². The smallest absolute Gasteiger partial charge is 0.410 e. The lowest BCUT2D eigenvalue weighted by atomic mass is 10.2. The molecule has 146 valence electrons. The van der Waals surface area contributed by atoms with Crippen molar-refractivity contribution in [3.8, 4) is 0 Å². The van der Waals surface area contributed by atoms with E-state index >= 15 is 0 Å². The van der Waals surface area contributed by atoms with Crippen LogP contribution in [0.2, 0.25) is 0 Å². The summed E-state index contributed by atoms with van der Waals surface area (Å²) in [5.74, 6) is 0.278. The van der Waals surface area contributed by atoms with Gasteiger partial charge in [0.1, 0.15) is 11.4 Å². The predicted octanol–water partition coefficient (Wildman–Crippen LogP) is 3.21. The summed E-state index contributed by atoms with van der Waals surface area (Å²) in [4.78, 5) is 32.0. The van der Waals surface area contributed by atoms with Gasteiger partial charge >= 0.3 is 6.09 Å². The Bertz CT molecular complexity index is 697. The van der Waals surface area contributed by atoms with E-state index in [4.69, 9.17) is 4.74 Å². The van der Waals surface area contributed by atoms with E-state index in [9.17, 15) is 9.59 Å². The summed E-state index contributed by atoms with van der Waals surface area (Å²) in [6.45, 7) is 10.1. The van der Waals surface area contributed by atoms with Gasteiger partial charge in [0.05, 0.1) is 11.9 Å². The zero-order valence-electron chi connectivity index (χ0n) is 16.4. The summed E-state index contributed by atoms with van der Waals surface area (Å²) in [5, 5.41) is 2.72. The summed E-state index contributed by atoms with van der Waals surface area (Å²) < 4.78 is 5.41. The average molecular weight is 372 g/mol. The molecule has 0 radical (unpaired) electrons. The highest BCUT2D eigenvalue weighted by atomic mass is 16.6. The molecule has 0 saturated carbocycles. The Morgan fingerprint density at radius 2 is 1.85 bits per heavy atom. The third kappa shape index (κ3) is 6.77. The zero-order valence-corrected chi connectivity index (χ0v) is 16.4. The Hall–Kier alpha value is -2.83. The first-order chi connectivity index (χ1) is 12.8. The molecule has 0 atom stereocenters. The molecule has 27 heavy (non-hydrogen) atoms. The van der Waals surface area contributed by atoms with Crippen LogP contribution in [0, 0.1) is 0 Å². The number of carbonyl (C=O) groups is 2. The van der Waals surface area contributed by atoms with Gasteiger partial charge in [-0.1, -0.05) is 18.2 Å². The minimum Gasteiger partial charge on any atom is -0.444 e. The topological polar surface area (TPSA) is 74.8 Å². The van der Waals surface area contributed by atoms with Crippen molar-refractivity contribution in [1.82, 2.24) is 9.88 Å². The lowest BCUT2D eigenvalue weighted by molar-refractivity contribution is -0.111. The number of allylic oxidation sites excluding steroid dienone is 3. The average Bonchev–Trinajstić information content (AvgIpc) is 2.61. The Balaban J connectivity index is 1.86. The van der Waals surface area contributed by atoms with Gasteiger partial charge in [0.15, 0.2) is 0 Å². The van der Waals surface area contributed by atoms with Crippen molar-refractivity contribution in [1.29, 1.82) is 0 Å². The predicted molar refractivity (Wildman–Crippen MR) is 107 cm³/mol. The molecule has 1 aliphatic rings. The van der Waals surface area contributed by atoms with Crippen LogP contribution in [0.15, 0.2) is 42.6 Å². The molecular weight excluding hydrogens is 344 g/mol. The first-order valence-electron chi connectivity index (χ1n) is 9.08. The highest BCUT2D eigenvalue weighted by molar-refractivity contribution is 5.98. The van der Waals surface area contributed by atoms with E-state index < -0.39 is 5.60 Å². The summed E-state index contributed by atoms with van der Waals surface area (Å²) in [7, 11) is 0. The molecule has 7 nitrogen and oxygen atoms in total. The number of amides is 2. The van der Waals surface area contributed by atoms with Crippen molar-refractivity contribution in [2.24, 2.45) is 0 Å². The van der Waals surface area contributed by atoms with Crippen LogP contribution in [0.1, 0.15) is 27.7 Å². The van der Waals surface area contributed by atoms with E-state index in [0.29, 0.717) is 32.0 Å². The van der Waals surface area contributed by atoms with Gasteiger partial charge in [0.2, 0.25) is 5.91 Å². The van der Waals surface area contributed by atoms with E-state index in [-0.39, 0.29) is 12.0 Å². The maximum Gasteiger partial charge on any atom is 0.410 e. The van der Waals surface area contributed by atoms with Gasteiger partial charge in [-0.05, 0) is 39.8 Å². The summed E-state index contributed by atoms with van der Waals surface area (Å²) >= 11 is 0. The van der Waals surface area contributed by atoms with Gasteiger partial charge in [-0.3, -0.25) is 4.79 Å². The zero-order chi connectivity index (χ0) is 19.9. The van der Waals surface area contributed by atoms with Crippen LogP contribution in [0.3, 0.4) is 0 Å². The molecule has 2 rings (SSSR count). The first-order valence-corrected chi connectivity index (χ1v) is 9.08. The molecule has 0 aromatic carbocycles. The van der Waals surface area contributed by atoms with Crippen LogP contribution in [0.4, 0.5) is 16.3 Å². The van der Waals surface area contributed by atoms with E-state index in [1.54, 1.807) is 29.3 Å². The number of carbonyl (C=O) groups excluding carboxylic acids is 2. The molecule has 1 N–H and O–H groups in total. The molecule has 0 bridgehead atoms. The van der Waals surface area contributed by atoms with Crippen LogP contribution in [0.5, 0.6) is 0 Å². The van der Waals surface area contributed by atoms with Gasteiger partial charge < -0.3 is 19.9 Å². The van der Waals surface area contributed by atoms with Crippen molar-refractivity contribution in [2.45, 2.75) is 33.3 Å². The number of anilines is 2. The standard InChI is InChI=1S/C20H28N4O3/c1-5-6-7-8-18(25)22-17-10-9-16(15-21-17)23-11-13-24(14-12-23)19(26)27-20(2,3)4/h5-10,15H,11-14H2,1-4H3,(H,21,22,25). The van der Waals surface area contributed by atoms with E-state index in [1.807, 2.05) is 39.8 Å². The lowest BCUT2D eigenvalue weighted by Crippen LogP contribution is -2.50. The molecule has 0 aliphatic carbocycles. The van der Waals surface area contributed by atoms with Crippen molar-refractivity contribution >= 4 is 23.5 Å². The normalized spacial score (nSPS) is 15.4. The third-order valence-corrected chi connectivity index (χ3v) is 3.85. The fourth-order valence-corrected chi connectivity index (χ4v) is 2.54.